The van der Waals surface area contributed by atoms with Crippen LogP contribution in [0.5, 0.6) is 0 Å². The van der Waals surface area contributed by atoms with E-state index in [0.29, 0.717) is 6.61 Å². The van der Waals surface area contributed by atoms with Crippen molar-refractivity contribution in [3.8, 4) is 0 Å². The van der Waals surface area contributed by atoms with Gasteiger partial charge in [-0.1, -0.05) is 0 Å². The molecule has 0 fully saturated rings. The molecule has 1 aromatic heterocycles. The van der Waals surface area contributed by atoms with Gasteiger partial charge in [0.1, 0.15) is 5.00 Å². The number of fused-ring (bicyclic) bond motifs is 1. The average molecular weight is 234 g/mol. The fourth-order valence-electron chi connectivity index (χ4n) is 1.20. The third-order valence-electron chi connectivity index (χ3n) is 1.77. The molecule has 0 bridgehead atoms. The molecule has 0 saturated carbocycles. The summed E-state index contributed by atoms with van der Waals surface area (Å²) < 4.78 is 6.35. The molecule has 2 N–H and O–H groups in total. The molecule has 4 heteroatoms. The summed E-state index contributed by atoms with van der Waals surface area (Å²) in [4.78, 5) is 1.38. The third kappa shape index (κ3) is 1.19. The highest BCUT2D eigenvalue weighted by atomic mass is 79.9. The normalized spacial score (nSPS) is 16.5. The fourth-order valence-corrected chi connectivity index (χ4v) is 2.87. The highest BCUT2D eigenvalue weighted by Gasteiger charge is 2.17. The zero-order valence-corrected chi connectivity index (χ0v) is 8.30. The molecule has 1 aromatic rings. The highest BCUT2D eigenvalue weighted by Crippen LogP contribution is 2.37. The SMILES string of the molecule is Nc1sc2c(c1Br)COCC2. The first-order valence-electron chi connectivity index (χ1n) is 3.42. The number of nitrogens with two attached hydrogens (primary N) is 1. The molecule has 0 unspecified atom stereocenters. The van der Waals surface area contributed by atoms with Gasteiger partial charge >= 0.3 is 0 Å². The van der Waals surface area contributed by atoms with Gasteiger partial charge in [0.2, 0.25) is 0 Å². The van der Waals surface area contributed by atoms with Crippen LogP contribution in [-0.4, -0.2) is 6.61 Å². The standard InChI is InChI=1S/C7H8BrNOS/c8-6-4-3-10-2-1-5(4)11-7(6)9/h1-3,9H2. The van der Waals surface area contributed by atoms with Gasteiger partial charge in [-0.3, -0.25) is 0 Å². The van der Waals surface area contributed by atoms with Gasteiger partial charge in [0.15, 0.2) is 0 Å². The smallest absolute Gasteiger partial charge is 0.101 e. The Kier molecular flexibility index (Phi) is 1.91. The van der Waals surface area contributed by atoms with E-state index in [0.717, 1.165) is 22.5 Å². The summed E-state index contributed by atoms with van der Waals surface area (Å²) in [5.41, 5.74) is 6.99. The van der Waals surface area contributed by atoms with Crippen molar-refractivity contribution in [3.05, 3.63) is 14.9 Å². The quantitative estimate of drug-likeness (QED) is 0.746. The van der Waals surface area contributed by atoms with Gasteiger partial charge in [0, 0.05) is 16.9 Å². The third-order valence-corrected chi connectivity index (χ3v) is 4.06. The van der Waals surface area contributed by atoms with Crippen molar-refractivity contribution in [2.45, 2.75) is 13.0 Å². The number of thiophene rings is 1. The van der Waals surface area contributed by atoms with E-state index in [-0.39, 0.29) is 0 Å². The fraction of sp³-hybridized carbons (Fsp3) is 0.429. The lowest BCUT2D eigenvalue weighted by atomic mass is 10.2. The van der Waals surface area contributed by atoms with Gasteiger partial charge in [0.25, 0.3) is 0 Å². The Bertz CT molecular complexity index is 284. The van der Waals surface area contributed by atoms with Gasteiger partial charge in [-0.2, -0.15) is 0 Å². The highest BCUT2D eigenvalue weighted by molar-refractivity contribution is 9.10. The molecule has 60 valence electrons. The monoisotopic (exact) mass is 233 g/mol. The van der Waals surface area contributed by atoms with Crippen molar-refractivity contribution in [1.82, 2.24) is 0 Å². The first-order valence-corrected chi connectivity index (χ1v) is 5.03. The second-order valence-corrected chi connectivity index (χ2v) is 4.41. The van der Waals surface area contributed by atoms with Crippen LogP contribution in [-0.2, 0) is 17.8 Å². The Labute approximate surface area is 77.5 Å². The minimum Gasteiger partial charge on any atom is -0.390 e. The van der Waals surface area contributed by atoms with Crippen molar-refractivity contribution in [1.29, 1.82) is 0 Å². The van der Waals surface area contributed by atoms with E-state index < -0.39 is 0 Å². The molecule has 0 amide bonds. The maximum absolute atomic E-state index is 5.74. The van der Waals surface area contributed by atoms with E-state index in [1.807, 2.05) is 0 Å². The predicted molar refractivity (Wildman–Crippen MR) is 49.8 cm³/mol. The summed E-state index contributed by atoms with van der Waals surface area (Å²) in [5.74, 6) is 0. The minimum absolute atomic E-state index is 0.712. The van der Waals surface area contributed by atoms with Crippen LogP contribution in [0.2, 0.25) is 0 Å². The lowest BCUT2D eigenvalue weighted by Gasteiger charge is -2.11. The zero-order chi connectivity index (χ0) is 7.84. The van der Waals surface area contributed by atoms with Gasteiger partial charge in [-0.05, 0) is 15.9 Å². The molecular weight excluding hydrogens is 226 g/mol. The molecule has 2 rings (SSSR count). The van der Waals surface area contributed by atoms with Crippen molar-refractivity contribution < 1.29 is 4.74 Å². The van der Waals surface area contributed by atoms with Crippen molar-refractivity contribution in [2.75, 3.05) is 12.3 Å². The Hall–Kier alpha value is -0.0600. The number of ether oxygens (including phenoxy) is 1. The zero-order valence-electron chi connectivity index (χ0n) is 5.89. The second kappa shape index (κ2) is 2.77. The van der Waals surface area contributed by atoms with Crippen LogP contribution in [0, 0.1) is 0 Å². The molecule has 2 heterocycles. The summed E-state index contributed by atoms with van der Waals surface area (Å²) in [6, 6.07) is 0. The van der Waals surface area contributed by atoms with Crippen LogP contribution in [0.15, 0.2) is 4.47 Å². The number of nitrogen functional groups attached to an aromatic ring is 1. The molecule has 0 aliphatic carbocycles. The Morgan fingerprint density at radius 1 is 1.55 bits per heavy atom. The Morgan fingerprint density at radius 3 is 3.09 bits per heavy atom. The molecule has 0 aromatic carbocycles. The Balaban J connectivity index is 2.50. The number of rotatable bonds is 0. The van der Waals surface area contributed by atoms with E-state index in [1.54, 1.807) is 11.3 Å². The first kappa shape index (κ1) is 7.58. The van der Waals surface area contributed by atoms with E-state index in [1.165, 1.54) is 10.4 Å². The predicted octanol–water partition coefficient (Wildman–Crippen LogP) is 2.17. The van der Waals surface area contributed by atoms with Crippen molar-refractivity contribution in [2.24, 2.45) is 0 Å². The number of anilines is 1. The van der Waals surface area contributed by atoms with Gasteiger partial charge in [-0.15, -0.1) is 11.3 Å². The molecule has 2 nitrogen and oxygen atoms in total. The van der Waals surface area contributed by atoms with Crippen LogP contribution >= 0.6 is 27.3 Å². The van der Waals surface area contributed by atoms with E-state index in [9.17, 15) is 0 Å². The van der Waals surface area contributed by atoms with Gasteiger partial charge in [0.05, 0.1) is 17.7 Å². The summed E-state index contributed by atoms with van der Waals surface area (Å²) in [6.45, 7) is 1.54. The minimum atomic E-state index is 0.712. The van der Waals surface area contributed by atoms with E-state index in [4.69, 9.17) is 10.5 Å². The van der Waals surface area contributed by atoms with Crippen LogP contribution in [0.3, 0.4) is 0 Å². The van der Waals surface area contributed by atoms with Crippen LogP contribution in [0.1, 0.15) is 10.4 Å². The summed E-state index contributed by atoms with van der Waals surface area (Å²) in [6.07, 6.45) is 1.01. The molecule has 0 spiro atoms. The molecule has 1 aliphatic heterocycles. The molecule has 0 atom stereocenters. The summed E-state index contributed by atoms with van der Waals surface area (Å²) >= 11 is 5.11. The largest absolute Gasteiger partial charge is 0.390 e. The topological polar surface area (TPSA) is 35.2 Å². The van der Waals surface area contributed by atoms with Crippen LogP contribution < -0.4 is 5.73 Å². The first-order chi connectivity index (χ1) is 5.29. The van der Waals surface area contributed by atoms with Crippen LogP contribution in [0.25, 0.3) is 0 Å². The second-order valence-electron chi connectivity index (χ2n) is 2.48. The maximum Gasteiger partial charge on any atom is 0.101 e. The molecular formula is C7H8BrNOS. The van der Waals surface area contributed by atoms with E-state index >= 15 is 0 Å². The molecule has 0 saturated heterocycles. The average Bonchev–Trinajstić information content (AvgIpc) is 2.30. The van der Waals surface area contributed by atoms with E-state index in [2.05, 4.69) is 15.9 Å². The van der Waals surface area contributed by atoms with Gasteiger partial charge < -0.3 is 10.5 Å². The van der Waals surface area contributed by atoms with Crippen molar-refractivity contribution >= 4 is 32.3 Å². The molecule has 0 radical (unpaired) electrons. The maximum atomic E-state index is 5.74. The lowest BCUT2D eigenvalue weighted by molar-refractivity contribution is 0.112. The Morgan fingerprint density at radius 2 is 2.36 bits per heavy atom. The molecule has 11 heavy (non-hydrogen) atoms. The van der Waals surface area contributed by atoms with Crippen LogP contribution in [0.4, 0.5) is 5.00 Å². The van der Waals surface area contributed by atoms with Crippen molar-refractivity contribution in [3.63, 3.8) is 0 Å². The number of halogens is 1. The summed E-state index contributed by atoms with van der Waals surface area (Å²) in [5, 5.41) is 0.875. The van der Waals surface area contributed by atoms with Gasteiger partial charge in [-0.25, -0.2) is 0 Å². The summed E-state index contributed by atoms with van der Waals surface area (Å²) in [7, 11) is 0. The number of hydrogen-bond acceptors (Lipinski definition) is 3. The number of hydrogen-bond donors (Lipinski definition) is 1. The molecule has 1 aliphatic rings. The lowest BCUT2D eigenvalue weighted by Crippen LogP contribution is -2.06.